The lowest BCUT2D eigenvalue weighted by molar-refractivity contribution is -0.114. The van der Waals surface area contributed by atoms with E-state index in [0.29, 0.717) is 30.1 Å². The molecule has 1 aliphatic rings. The largest absolute Gasteiger partial charge is 0.376 e. The Hall–Kier alpha value is -3.26. The zero-order valence-corrected chi connectivity index (χ0v) is 16.1. The van der Waals surface area contributed by atoms with Crippen LogP contribution in [0, 0.1) is 5.82 Å². The van der Waals surface area contributed by atoms with Crippen LogP contribution in [0.5, 0.6) is 0 Å². The Kier molecular flexibility index (Phi) is 6.91. The van der Waals surface area contributed by atoms with Crippen molar-refractivity contribution in [3.8, 4) is 0 Å². The van der Waals surface area contributed by atoms with Gasteiger partial charge in [0.15, 0.2) is 0 Å². The van der Waals surface area contributed by atoms with Gasteiger partial charge in [-0.2, -0.15) is 0 Å². The molecule has 3 rings (SSSR count). The molecule has 0 spiro atoms. The van der Waals surface area contributed by atoms with Gasteiger partial charge in [-0.15, -0.1) is 0 Å². The van der Waals surface area contributed by atoms with Crippen molar-refractivity contribution in [2.24, 2.45) is 4.99 Å². The van der Waals surface area contributed by atoms with Crippen LogP contribution >= 0.6 is 0 Å². The Bertz CT molecular complexity index is 893. The molecule has 8 heteroatoms. The molecule has 152 valence electrons. The molecule has 1 fully saturated rings. The summed E-state index contributed by atoms with van der Waals surface area (Å²) in [6.45, 7) is 2.51. The van der Waals surface area contributed by atoms with Crippen molar-refractivity contribution in [3.63, 3.8) is 0 Å². The van der Waals surface area contributed by atoms with E-state index < -0.39 is 5.91 Å². The van der Waals surface area contributed by atoms with E-state index in [0.717, 1.165) is 12.8 Å². The number of amides is 2. The van der Waals surface area contributed by atoms with Gasteiger partial charge in [0, 0.05) is 30.5 Å². The molecule has 0 aliphatic carbocycles. The number of ether oxygens (including phenoxy) is 1. The molecule has 2 aromatic carbocycles. The molecule has 0 radical (unpaired) electrons. The molecule has 1 heterocycles. The zero-order valence-electron chi connectivity index (χ0n) is 16.1. The number of hydrogen-bond acceptors (Lipinski definition) is 4. The fraction of sp³-hybridized carbons (Fsp3) is 0.286. The monoisotopic (exact) mass is 398 g/mol. The van der Waals surface area contributed by atoms with E-state index >= 15 is 0 Å². The standard InChI is InChI=1S/C21H23FN4O3/c1-14(27)24-18-5-2-4-15(12-18)20(28)26-21(23-13-19-6-3-11-29-19)25-17-9-7-16(22)8-10-17/h2,4-5,7-10,12,19H,3,6,11,13H2,1H3,(H,24,27)(H2,23,25,26,28)/t19-/m0/s1. The maximum absolute atomic E-state index is 13.2. The predicted octanol–water partition coefficient (Wildman–Crippen LogP) is 3.16. The first kappa shape index (κ1) is 20.5. The smallest absolute Gasteiger partial charge is 0.258 e. The second-order valence-electron chi connectivity index (χ2n) is 6.67. The molecule has 29 heavy (non-hydrogen) atoms. The van der Waals surface area contributed by atoms with E-state index in [-0.39, 0.29) is 23.8 Å². The molecule has 7 nitrogen and oxygen atoms in total. The molecule has 0 bridgehead atoms. The minimum absolute atomic E-state index is 0.0139. The Labute approximate surface area is 168 Å². The fourth-order valence-corrected chi connectivity index (χ4v) is 2.88. The van der Waals surface area contributed by atoms with Crippen LogP contribution in [0.25, 0.3) is 0 Å². The number of nitrogens with zero attached hydrogens (tertiary/aromatic N) is 1. The average Bonchev–Trinajstić information content (AvgIpc) is 3.21. The predicted molar refractivity (Wildman–Crippen MR) is 110 cm³/mol. The maximum Gasteiger partial charge on any atom is 0.258 e. The summed E-state index contributed by atoms with van der Waals surface area (Å²) in [4.78, 5) is 28.4. The van der Waals surface area contributed by atoms with Gasteiger partial charge in [-0.1, -0.05) is 6.07 Å². The molecule has 1 aliphatic heterocycles. The van der Waals surface area contributed by atoms with Gasteiger partial charge in [-0.25, -0.2) is 9.38 Å². The highest BCUT2D eigenvalue weighted by Crippen LogP contribution is 2.14. The first-order valence-electron chi connectivity index (χ1n) is 9.37. The van der Waals surface area contributed by atoms with E-state index in [9.17, 15) is 14.0 Å². The van der Waals surface area contributed by atoms with Gasteiger partial charge in [0.05, 0.1) is 12.6 Å². The van der Waals surface area contributed by atoms with Crippen molar-refractivity contribution in [3.05, 3.63) is 59.9 Å². The maximum atomic E-state index is 13.2. The summed E-state index contributed by atoms with van der Waals surface area (Å²) in [5.41, 5.74) is 1.47. The number of guanidine groups is 1. The van der Waals surface area contributed by atoms with Crippen molar-refractivity contribution in [1.82, 2.24) is 5.32 Å². The van der Waals surface area contributed by atoms with Gasteiger partial charge in [0.2, 0.25) is 11.9 Å². The lowest BCUT2D eigenvalue weighted by atomic mass is 10.2. The van der Waals surface area contributed by atoms with E-state index in [1.807, 2.05) is 0 Å². The number of benzene rings is 2. The van der Waals surface area contributed by atoms with E-state index in [1.54, 1.807) is 36.4 Å². The molecule has 0 aromatic heterocycles. The van der Waals surface area contributed by atoms with Crippen LogP contribution in [-0.2, 0) is 9.53 Å². The lowest BCUT2D eigenvalue weighted by Crippen LogP contribution is -2.36. The van der Waals surface area contributed by atoms with Crippen LogP contribution in [0.15, 0.2) is 53.5 Å². The minimum Gasteiger partial charge on any atom is -0.376 e. The van der Waals surface area contributed by atoms with Crippen LogP contribution in [-0.4, -0.2) is 37.0 Å². The summed E-state index contributed by atoms with van der Waals surface area (Å²) in [7, 11) is 0. The number of carbonyl (C=O) groups is 2. The number of hydrogen-bond donors (Lipinski definition) is 3. The third-order valence-electron chi connectivity index (χ3n) is 4.26. The fourth-order valence-electron chi connectivity index (χ4n) is 2.88. The summed E-state index contributed by atoms with van der Waals surface area (Å²) in [5, 5.41) is 8.39. The molecule has 0 unspecified atom stereocenters. The Morgan fingerprint density at radius 1 is 1.14 bits per heavy atom. The van der Waals surface area contributed by atoms with E-state index in [2.05, 4.69) is 20.9 Å². The number of nitrogens with one attached hydrogen (secondary N) is 3. The highest BCUT2D eigenvalue weighted by Gasteiger charge is 2.16. The third-order valence-corrected chi connectivity index (χ3v) is 4.26. The molecule has 2 aromatic rings. The summed E-state index contributed by atoms with van der Waals surface area (Å²) in [6.07, 6.45) is 1.92. The second kappa shape index (κ2) is 9.79. The molecule has 1 saturated heterocycles. The summed E-state index contributed by atoms with van der Waals surface area (Å²) < 4.78 is 18.7. The molecule has 2 amide bonds. The normalized spacial score (nSPS) is 16.3. The molecule has 0 saturated carbocycles. The van der Waals surface area contributed by atoms with Crippen molar-refractivity contribution in [2.45, 2.75) is 25.9 Å². The number of carbonyl (C=O) groups excluding carboxylic acids is 2. The number of halogens is 1. The van der Waals surface area contributed by atoms with Crippen LogP contribution in [0.3, 0.4) is 0 Å². The Morgan fingerprint density at radius 3 is 2.62 bits per heavy atom. The van der Waals surface area contributed by atoms with Crippen molar-refractivity contribution < 1.29 is 18.7 Å². The molecule has 1 atom stereocenters. The van der Waals surface area contributed by atoms with Crippen LogP contribution < -0.4 is 16.0 Å². The SMILES string of the molecule is CC(=O)Nc1cccc(C(=O)NC(=NC[C@@H]2CCCO2)Nc2ccc(F)cc2)c1. The van der Waals surface area contributed by atoms with Gasteiger partial charge in [0.1, 0.15) is 5.82 Å². The first-order valence-corrected chi connectivity index (χ1v) is 9.37. The quantitative estimate of drug-likeness (QED) is 0.533. The highest BCUT2D eigenvalue weighted by atomic mass is 19.1. The number of aliphatic imine (C=N–C) groups is 1. The van der Waals surface area contributed by atoms with E-state index in [1.165, 1.54) is 19.1 Å². The van der Waals surface area contributed by atoms with Crippen molar-refractivity contribution in [1.29, 1.82) is 0 Å². The summed E-state index contributed by atoms with van der Waals surface area (Å²) in [5.74, 6) is -0.730. The lowest BCUT2D eigenvalue weighted by Gasteiger charge is -2.14. The van der Waals surface area contributed by atoms with E-state index in [4.69, 9.17) is 4.74 Å². The van der Waals surface area contributed by atoms with Crippen molar-refractivity contribution in [2.75, 3.05) is 23.8 Å². The highest BCUT2D eigenvalue weighted by molar-refractivity contribution is 6.10. The van der Waals surface area contributed by atoms with Gasteiger partial charge in [-0.3, -0.25) is 14.9 Å². The average molecular weight is 398 g/mol. The number of anilines is 2. The molecule has 3 N–H and O–H groups in total. The van der Waals surface area contributed by atoms with Gasteiger partial charge in [0.25, 0.3) is 5.91 Å². The minimum atomic E-state index is -0.391. The van der Waals surface area contributed by atoms with Crippen LogP contribution in [0.1, 0.15) is 30.1 Å². The molecular formula is C21H23FN4O3. The second-order valence-corrected chi connectivity index (χ2v) is 6.67. The molecular weight excluding hydrogens is 375 g/mol. The van der Waals surface area contributed by atoms with Gasteiger partial charge >= 0.3 is 0 Å². The van der Waals surface area contributed by atoms with Gasteiger partial charge < -0.3 is 15.4 Å². The van der Waals surface area contributed by atoms with Crippen LogP contribution in [0.4, 0.5) is 15.8 Å². The third kappa shape index (κ3) is 6.39. The Morgan fingerprint density at radius 2 is 1.93 bits per heavy atom. The first-order chi connectivity index (χ1) is 14.0. The Balaban J connectivity index is 1.74. The summed E-state index contributed by atoms with van der Waals surface area (Å²) in [6, 6.07) is 12.3. The zero-order chi connectivity index (χ0) is 20.6. The van der Waals surface area contributed by atoms with Crippen LogP contribution in [0.2, 0.25) is 0 Å². The van der Waals surface area contributed by atoms with Gasteiger partial charge in [-0.05, 0) is 55.3 Å². The number of rotatable bonds is 5. The van der Waals surface area contributed by atoms with Crippen molar-refractivity contribution >= 4 is 29.1 Å². The summed E-state index contributed by atoms with van der Waals surface area (Å²) >= 11 is 0. The topological polar surface area (TPSA) is 91.8 Å².